The lowest BCUT2D eigenvalue weighted by Gasteiger charge is -2.09. The third-order valence-corrected chi connectivity index (χ3v) is 4.44. The Kier molecular flexibility index (Phi) is 4.37. The monoisotopic (exact) mass is 359 g/mol. The molecule has 0 saturated heterocycles. The number of rotatable bonds is 3. The van der Waals surface area contributed by atoms with Gasteiger partial charge in [0.25, 0.3) is 0 Å². The Hall–Kier alpha value is -3.18. The van der Waals surface area contributed by atoms with Gasteiger partial charge in [0.2, 0.25) is 0 Å². The lowest BCUT2D eigenvalue weighted by Crippen LogP contribution is -2.25. The standard InChI is InChI=1S/C21H17N3OS/c1-25-15-8-6-7-14(13-15)22-21(26)24-23-20-18-11-4-2-9-16(18)17-10-3-5-12-19(17)20/h2-13H,1H3,(H2,22,24,26). The molecule has 0 aliphatic heterocycles. The molecule has 26 heavy (non-hydrogen) atoms. The first-order chi connectivity index (χ1) is 12.8. The number of nitrogens with one attached hydrogen (secondary N) is 2. The fourth-order valence-electron chi connectivity index (χ4n) is 3.08. The first kappa shape index (κ1) is 16.3. The van der Waals surface area contributed by atoms with Crippen LogP contribution >= 0.6 is 12.2 Å². The molecule has 2 N–H and O–H groups in total. The van der Waals surface area contributed by atoms with Gasteiger partial charge in [0.15, 0.2) is 5.11 Å². The first-order valence-corrected chi connectivity index (χ1v) is 8.65. The smallest absolute Gasteiger partial charge is 0.191 e. The van der Waals surface area contributed by atoms with Crippen molar-refractivity contribution in [3.63, 3.8) is 0 Å². The quantitative estimate of drug-likeness (QED) is 0.420. The van der Waals surface area contributed by atoms with Crippen molar-refractivity contribution in [3.8, 4) is 16.9 Å². The van der Waals surface area contributed by atoms with Crippen LogP contribution in [-0.2, 0) is 0 Å². The highest BCUT2D eigenvalue weighted by Gasteiger charge is 2.23. The third kappa shape index (κ3) is 3.05. The van der Waals surface area contributed by atoms with Gasteiger partial charge >= 0.3 is 0 Å². The molecule has 0 heterocycles. The highest BCUT2D eigenvalue weighted by molar-refractivity contribution is 7.80. The maximum absolute atomic E-state index is 5.38. The number of benzene rings is 3. The van der Waals surface area contributed by atoms with E-state index in [4.69, 9.17) is 17.0 Å². The molecule has 0 atom stereocenters. The molecule has 0 saturated carbocycles. The maximum Gasteiger partial charge on any atom is 0.191 e. The first-order valence-electron chi connectivity index (χ1n) is 8.24. The summed E-state index contributed by atoms with van der Waals surface area (Å²) in [7, 11) is 1.64. The molecule has 128 valence electrons. The highest BCUT2D eigenvalue weighted by atomic mass is 32.1. The minimum absolute atomic E-state index is 0.424. The second-order valence-electron chi connectivity index (χ2n) is 5.85. The lowest BCUT2D eigenvalue weighted by atomic mass is 10.1. The molecule has 0 bridgehead atoms. The summed E-state index contributed by atoms with van der Waals surface area (Å²) in [5.74, 6) is 0.766. The molecule has 0 aromatic heterocycles. The van der Waals surface area contributed by atoms with Crippen molar-refractivity contribution in [2.75, 3.05) is 12.4 Å². The lowest BCUT2D eigenvalue weighted by molar-refractivity contribution is 0.415. The van der Waals surface area contributed by atoms with Gasteiger partial charge in [0.1, 0.15) is 5.75 Å². The summed E-state index contributed by atoms with van der Waals surface area (Å²) in [5.41, 5.74) is 9.28. The molecular formula is C21H17N3OS. The van der Waals surface area contributed by atoms with Gasteiger partial charge in [0, 0.05) is 22.9 Å². The zero-order chi connectivity index (χ0) is 17.9. The summed E-state index contributed by atoms with van der Waals surface area (Å²) in [4.78, 5) is 0. The second-order valence-corrected chi connectivity index (χ2v) is 6.26. The van der Waals surface area contributed by atoms with E-state index in [-0.39, 0.29) is 0 Å². The summed E-state index contributed by atoms with van der Waals surface area (Å²) >= 11 is 5.38. The summed E-state index contributed by atoms with van der Waals surface area (Å²) < 4.78 is 5.22. The van der Waals surface area contributed by atoms with Crippen molar-refractivity contribution in [2.24, 2.45) is 5.10 Å². The van der Waals surface area contributed by atoms with Crippen LogP contribution in [0.5, 0.6) is 5.75 Å². The van der Waals surface area contributed by atoms with E-state index >= 15 is 0 Å². The van der Waals surface area contributed by atoms with E-state index in [2.05, 4.69) is 40.1 Å². The van der Waals surface area contributed by atoms with Crippen LogP contribution in [0, 0.1) is 0 Å². The molecule has 0 radical (unpaired) electrons. The Morgan fingerprint density at radius 1 is 0.846 bits per heavy atom. The Balaban J connectivity index is 1.58. The molecular weight excluding hydrogens is 342 g/mol. The van der Waals surface area contributed by atoms with Crippen LogP contribution in [-0.4, -0.2) is 17.9 Å². The summed E-state index contributed by atoms with van der Waals surface area (Å²) in [6.45, 7) is 0. The minimum Gasteiger partial charge on any atom is -0.497 e. The van der Waals surface area contributed by atoms with Gasteiger partial charge < -0.3 is 10.1 Å². The average molecular weight is 359 g/mol. The van der Waals surface area contributed by atoms with Crippen LogP contribution < -0.4 is 15.5 Å². The summed E-state index contributed by atoms with van der Waals surface area (Å²) in [6, 6.07) is 24.1. The summed E-state index contributed by atoms with van der Waals surface area (Å²) in [5, 5.41) is 8.12. The van der Waals surface area contributed by atoms with Crippen LogP contribution in [0.15, 0.2) is 77.9 Å². The maximum atomic E-state index is 5.38. The van der Waals surface area contributed by atoms with Crippen LogP contribution in [0.4, 0.5) is 5.69 Å². The molecule has 3 aromatic rings. The fourth-order valence-corrected chi connectivity index (χ4v) is 3.24. The number of hydrogen-bond donors (Lipinski definition) is 2. The molecule has 4 rings (SSSR count). The van der Waals surface area contributed by atoms with Gasteiger partial charge in [-0.25, -0.2) is 0 Å². The highest BCUT2D eigenvalue weighted by Crippen LogP contribution is 2.36. The average Bonchev–Trinajstić information content (AvgIpc) is 3.00. The van der Waals surface area contributed by atoms with Crippen LogP contribution in [0.3, 0.4) is 0 Å². The molecule has 3 aromatic carbocycles. The number of fused-ring (bicyclic) bond motifs is 3. The number of thiocarbonyl (C=S) groups is 1. The Morgan fingerprint density at radius 3 is 2.08 bits per heavy atom. The molecule has 4 nitrogen and oxygen atoms in total. The molecule has 1 aliphatic rings. The predicted molar refractivity (Wildman–Crippen MR) is 110 cm³/mol. The van der Waals surface area contributed by atoms with Gasteiger partial charge in [-0.3, -0.25) is 5.43 Å². The van der Waals surface area contributed by atoms with Crippen molar-refractivity contribution in [1.29, 1.82) is 0 Å². The van der Waals surface area contributed by atoms with Crippen LogP contribution in [0.1, 0.15) is 11.1 Å². The van der Waals surface area contributed by atoms with E-state index in [0.29, 0.717) is 5.11 Å². The number of ether oxygens (including phenoxy) is 1. The van der Waals surface area contributed by atoms with Gasteiger partial charge in [-0.1, -0.05) is 54.6 Å². The minimum atomic E-state index is 0.424. The zero-order valence-electron chi connectivity index (χ0n) is 14.2. The Labute approximate surface area is 157 Å². The van der Waals surface area contributed by atoms with Crippen molar-refractivity contribution in [2.45, 2.75) is 0 Å². The zero-order valence-corrected chi connectivity index (χ0v) is 15.0. The number of anilines is 1. The van der Waals surface area contributed by atoms with Crippen molar-refractivity contribution >= 4 is 28.7 Å². The normalized spacial score (nSPS) is 11.3. The van der Waals surface area contributed by atoms with E-state index in [1.807, 2.05) is 48.5 Å². The fraction of sp³-hybridized carbons (Fsp3) is 0.0476. The molecule has 0 amide bonds. The van der Waals surface area contributed by atoms with Gasteiger partial charge in [-0.05, 0) is 35.5 Å². The topological polar surface area (TPSA) is 45.6 Å². The largest absolute Gasteiger partial charge is 0.497 e. The molecule has 1 aliphatic carbocycles. The van der Waals surface area contributed by atoms with Crippen LogP contribution in [0.25, 0.3) is 11.1 Å². The van der Waals surface area contributed by atoms with Crippen molar-refractivity contribution in [1.82, 2.24) is 5.43 Å². The van der Waals surface area contributed by atoms with Crippen molar-refractivity contribution in [3.05, 3.63) is 83.9 Å². The summed E-state index contributed by atoms with van der Waals surface area (Å²) in [6.07, 6.45) is 0. The Bertz CT molecular complexity index is 966. The SMILES string of the molecule is COc1cccc(NC(=S)NN=C2c3ccccc3-c3ccccc32)c1. The van der Waals surface area contributed by atoms with E-state index < -0.39 is 0 Å². The molecule has 0 fully saturated rings. The van der Waals surface area contributed by atoms with E-state index in [0.717, 1.165) is 28.3 Å². The van der Waals surface area contributed by atoms with E-state index in [1.54, 1.807) is 7.11 Å². The third-order valence-electron chi connectivity index (χ3n) is 4.25. The molecule has 0 spiro atoms. The van der Waals surface area contributed by atoms with Gasteiger partial charge in [-0.15, -0.1) is 0 Å². The van der Waals surface area contributed by atoms with E-state index in [9.17, 15) is 0 Å². The number of hydrazone groups is 1. The number of nitrogens with zero attached hydrogens (tertiary/aromatic N) is 1. The number of hydrogen-bond acceptors (Lipinski definition) is 3. The van der Waals surface area contributed by atoms with Gasteiger partial charge in [0.05, 0.1) is 12.8 Å². The number of methoxy groups -OCH3 is 1. The van der Waals surface area contributed by atoms with Crippen molar-refractivity contribution < 1.29 is 4.74 Å². The Morgan fingerprint density at radius 2 is 1.46 bits per heavy atom. The predicted octanol–water partition coefficient (Wildman–Crippen LogP) is 4.41. The molecule has 0 unspecified atom stereocenters. The second kappa shape index (κ2) is 6.98. The van der Waals surface area contributed by atoms with E-state index in [1.165, 1.54) is 11.1 Å². The van der Waals surface area contributed by atoms with Crippen LogP contribution in [0.2, 0.25) is 0 Å². The molecule has 5 heteroatoms. The van der Waals surface area contributed by atoms with Gasteiger partial charge in [-0.2, -0.15) is 5.10 Å².